The van der Waals surface area contributed by atoms with Crippen molar-refractivity contribution < 1.29 is 72.9 Å². The number of aromatic amines is 1. The molecular formula is C59H84N16O15. The third kappa shape index (κ3) is 21.3. The smallest absolute Gasteiger partial charge is 0.326 e. The molecule has 2 aliphatic heterocycles. The second-order valence-corrected chi connectivity index (χ2v) is 22.7. The summed E-state index contributed by atoms with van der Waals surface area (Å²) in [5, 5.41) is 50.3. The highest BCUT2D eigenvalue weighted by atomic mass is 16.4. The molecule has 11 atom stereocenters. The Balaban J connectivity index is 1.35. The zero-order valence-electron chi connectivity index (χ0n) is 50.9. The van der Waals surface area contributed by atoms with Gasteiger partial charge in [-0.25, -0.2) is 9.78 Å². The van der Waals surface area contributed by atoms with Crippen LogP contribution in [0.3, 0.4) is 0 Å². The molecule has 31 nitrogen and oxygen atoms in total. The van der Waals surface area contributed by atoms with Gasteiger partial charge in [0.15, 0.2) is 5.96 Å². The second kappa shape index (κ2) is 34.2. The number of aromatic hydroxyl groups is 1. The number of carbonyl (C=O) groups is 12. The summed E-state index contributed by atoms with van der Waals surface area (Å²) in [5.41, 5.74) is 18.3. The quantitative estimate of drug-likeness (QED) is 0.0212. The van der Waals surface area contributed by atoms with E-state index in [0.717, 1.165) is 0 Å². The van der Waals surface area contributed by atoms with Gasteiger partial charge >= 0.3 is 11.9 Å². The first kappa shape index (κ1) is 71.1. The van der Waals surface area contributed by atoms with Gasteiger partial charge in [-0.05, 0) is 74.1 Å². The maximum atomic E-state index is 14.7. The van der Waals surface area contributed by atoms with E-state index in [9.17, 15) is 72.9 Å². The molecule has 0 spiro atoms. The van der Waals surface area contributed by atoms with Crippen LogP contribution in [0.2, 0.25) is 0 Å². The summed E-state index contributed by atoms with van der Waals surface area (Å²) < 4.78 is 0. The monoisotopic (exact) mass is 1260 g/mol. The molecule has 5 rings (SSSR count). The Morgan fingerprint density at radius 2 is 1.20 bits per heavy atom. The summed E-state index contributed by atoms with van der Waals surface area (Å²) in [5.74, 6) is -13.1. The third-order valence-corrected chi connectivity index (χ3v) is 15.4. The van der Waals surface area contributed by atoms with E-state index in [4.69, 9.17) is 17.2 Å². The lowest BCUT2D eigenvalue weighted by molar-refractivity contribution is -0.145. The molecule has 1 aromatic heterocycles. The molecule has 31 heteroatoms. The molecule has 2 saturated heterocycles. The number of carboxylic acids is 2. The van der Waals surface area contributed by atoms with E-state index < -0.39 is 156 Å². The van der Waals surface area contributed by atoms with Crippen LogP contribution in [0.25, 0.3) is 0 Å². The summed E-state index contributed by atoms with van der Waals surface area (Å²) in [7, 11) is 0. The minimum Gasteiger partial charge on any atom is -0.508 e. The van der Waals surface area contributed by atoms with Crippen LogP contribution in [-0.2, 0) is 76.8 Å². The van der Waals surface area contributed by atoms with E-state index in [1.165, 1.54) is 53.5 Å². The Morgan fingerprint density at radius 1 is 0.644 bits per heavy atom. The van der Waals surface area contributed by atoms with Crippen LogP contribution in [0.4, 0.5) is 0 Å². The van der Waals surface area contributed by atoms with E-state index in [2.05, 4.69) is 57.5 Å². The highest BCUT2D eigenvalue weighted by Gasteiger charge is 2.42. The van der Waals surface area contributed by atoms with Gasteiger partial charge in [0, 0.05) is 50.8 Å². The number of benzene rings is 2. The average molecular weight is 1260 g/mol. The van der Waals surface area contributed by atoms with E-state index in [0.29, 0.717) is 36.1 Å². The van der Waals surface area contributed by atoms with Crippen LogP contribution in [0, 0.1) is 11.8 Å². The number of carboxylic acid groups (broad SMARTS) is 2. The van der Waals surface area contributed by atoms with Gasteiger partial charge in [-0.3, -0.25) is 57.7 Å². The molecule has 0 radical (unpaired) electrons. The number of nitrogens with one attached hydrogen (secondary N) is 9. The Labute approximate surface area is 519 Å². The highest BCUT2D eigenvalue weighted by Crippen LogP contribution is 2.22. The van der Waals surface area contributed by atoms with Gasteiger partial charge in [0.05, 0.1) is 25.3 Å². The molecule has 490 valence electrons. The number of rotatable bonds is 33. The Hall–Kier alpha value is -9.68. The lowest BCUT2D eigenvalue weighted by Crippen LogP contribution is -2.62. The summed E-state index contributed by atoms with van der Waals surface area (Å²) in [6, 6.07) is 0.935. The van der Waals surface area contributed by atoms with Crippen molar-refractivity contribution in [3.8, 4) is 5.75 Å². The number of nitrogens with two attached hydrogens (primary N) is 3. The van der Waals surface area contributed by atoms with Gasteiger partial charge in [-0.1, -0.05) is 76.6 Å². The molecular weight excluding hydrogens is 1170 g/mol. The van der Waals surface area contributed by atoms with Crippen molar-refractivity contribution in [3.05, 3.63) is 83.9 Å². The number of phenolic OH excluding ortho intramolecular Hbond substituents is 1. The van der Waals surface area contributed by atoms with E-state index in [-0.39, 0.29) is 69.9 Å². The van der Waals surface area contributed by atoms with E-state index in [1.807, 2.05) is 0 Å². The fourth-order valence-corrected chi connectivity index (χ4v) is 10.3. The fourth-order valence-electron chi connectivity index (χ4n) is 10.3. The number of guanidine groups is 1. The molecule has 0 aliphatic carbocycles. The van der Waals surface area contributed by atoms with Crippen LogP contribution < -0.4 is 59.7 Å². The predicted octanol–water partition coefficient (Wildman–Crippen LogP) is -3.09. The number of likely N-dealkylation sites (tertiary alicyclic amines) is 2. The first-order valence-electron chi connectivity index (χ1n) is 29.7. The number of nitrogens with zero attached hydrogens (tertiary/aromatic N) is 4. The number of amides is 10. The summed E-state index contributed by atoms with van der Waals surface area (Å²) in [6.45, 7) is 7.36. The van der Waals surface area contributed by atoms with E-state index in [1.54, 1.807) is 58.0 Å². The maximum absolute atomic E-state index is 14.7. The van der Waals surface area contributed by atoms with Crippen molar-refractivity contribution in [2.75, 3.05) is 26.2 Å². The number of aliphatic carboxylic acids is 2. The normalized spacial score (nSPS) is 17.5. The zero-order chi connectivity index (χ0) is 66.4. The number of aliphatic imine (C=N–C) groups is 1. The van der Waals surface area contributed by atoms with Gasteiger partial charge in [0.25, 0.3) is 0 Å². The minimum atomic E-state index is -1.83. The Kier molecular flexibility index (Phi) is 27.0. The lowest BCUT2D eigenvalue weighted by atomic mass is 9.96. The number of hydrogen-bond acceptors (Lipinski definition) is 16. The average Bonchev–Trinajstić information content (AvgIpc) is 2.63. The maximum Gasteiger partial charge on any atom is 0.326 e. The van der Waals surface area contributed by atoms with Crippen LogP contribution in [0.5, 0.6) is 5.75 Å². The molecule has 18 N–H and O–H groups in total. The van der Waals surface area contributed by atoms with Crippen LogP contribution >= 0.6 is 0 Å². The molecule has 0 unspecified atom stereocenters. The second-order valence-electron chi connectivity index (χ2n) is 22.7. The summed E-state index contributed by atoms with van der Waals surface area (Å²) in [6.07, 6.45) is 2.65. The summed E-state index contributed by atoms with van der Waals surface area (Å²) in [4.78, 5) is 177. The molecule has 0 bridgehead atoms. The molecule has 2 aliphatic rings. The number of phenols is 1. The number of hydrogen-bond donors (Lipinski definition) is 15. The number of carbonyl (C=O) groups excluding carboxylic acids is 10. The topological polar surface area (TPSA) is 487 Å². The molecule has 2 fully saturated rings. The molecule has 2 aromatic carbocycles. The van der Waals surface area contributed by atoms with Gasteiger partial charge < -0.3 is 89.8 Å². The van der Waals surface area contributed by atoms with E-state index >= 15 is 0 Å². The number of aromatic nitrogens is 2. The Morgan fingerprint density at radius 3 is 1.78 bits per heavy atom. The van der Waals surface area contributed by atoms with Gasteiger partial charge in [0.1, 0.15) is 60.1 Å². The SMILES string of the molecule is CC[C@H](C)[C@H](NC(=O)[C@H](CCN=C(N)N)NC(=O)[C@H](CC(=O)O)NC(=O)CNC(=O)[C@@H]1CCCN1C(=O)[C@H](C)N)C(=O)N[C@@H](Cc1ccc(O)cc1)C(=O)N[C@H](C(=O)N[C@@H](Cc1cnc[nH]1)C(=O)N1CCC[C@H]1C(=O)N[C@@H](Cc1ccccc1)C(=O)O)C(C)C. The van der Waals surface area contributed by atoms with Gasteiger partial charge in [0.2, 0.25) is 59.1 Å². The van der Waals surface area contributed by atoms with Gasteiger partial charge in [-0.15, -0.1) is 0 Å². The first-order valence-corrected chi connectivity index (χ1v) is 29.7. The molecule has 3 heterocycles. The predicted molar refractivity (Wildman–Crippen MR) is 323 cm³/mol. The molecule has 3 aromatic rings. The lowest BCUT2D eigenvalue weighted by Gasteiger charge is -2.31. The molecule has 0 saturated carbocycles. The van der Waals surface area contributed by atoms with Crippen molar-refractivity contribution in [1.82, 2.24) is 62.3 Å². The van der Waals surface area contributed by atoms with Crippen LogP contribution in [-0.4, -0.2) is 199 Å². The van der Waals surface area contributed by atoms with Crippen LogP contribution in [0.15, 0.2) is 72.1 Å². The largest absolute Gasteiger partial charge is 0.508 e. The third-order valence-electron chi connectivity index (χ3n) is 15.4. The standard InChI is InChI=1S/C59H84N16O15/c1-6-32(4)48(73-49(80)38(20-21-64-59(61)62)68-50(81)40(27-46(78)79)67-45(77)29-65-52(83)43-14-10-22-74(43)56(87)33(5)60)55(86)69-39(24-35-16-18-37(76)19-17-35)51(82)72-47(31(2)3)54(85)70-41(26-36-28-63-30-66-36)57(88)75-23-11-15-44(75)53(84)71-42(58(89)90)25-34-12-8-7-9-13-34/h7-9,12-13,16-19,28,30-33,38-44,47-48,76H,6,10-11,14-15,20-27,29,60H2,1-5H3,(H,63,66)(H,65,83)(H,67,77)(H,68,81)(H,69,86)(H,70,85)(H,71,84)(H,72,82)(H,73,80)(H,78,79)(H,89,90)(H4,61,62,64)/t32-,33-,38-,39-,40-,41-,42-,43-,44-,47-,48-/m0/s1. The van der Waals surface area contributed by atoms with Gasteiger partial charge in [-0.2, -0.15) is 0 Å². The number of imidazole rings is 1. The highest BCUT2D eigenvalue weighted by molar-refractivity contribution is 5.99. The van der Waals surface area contributed by atoms with Crippen molar-refractivity contribution in [3.63, 3.8) is 0 Å². The minimum absolute atomic E-state index is 0.0257. The zero-order valence-corrected chi connectivity index (χ0v) is 50.9. The van der Waals surface area contributed by atoms with Crippen molar-refractivity contribution in [1.29, 1.82) is 0 Å². The fraction of sp³-hybridized carbons (Fsp3) is 0.525. The molecule has 10 amide bonds. The van der Waals surface area contributed by atoms with Crippen molar-refractivity contribution in [2.24, 2.45) is 34.0 Å². The van der Waals surface area contributed by atoms with Crippen molar-refractivity contribution >= 4 is 77.0 Å². The first-order chi connectivity index (χ1) is 42.7. The van der Waals surface area contributed by atoms with Crippen LogP contribution in [0.1, 0.15) is 96.4 Å². The van der Waals surface area contributed by atoms with Crippen molar-refractivity contribution in [2.45, 2.75) is 159 Å². The molecule has 90 heavy (non-hydrogen) atoms. The summed E-state index contributed by atoms with van der Waals surface area (Å²) >= 11 is 0. The number of H-pyrrole nitrogens is 1. The Bertz CT molecular complexity index is 3030.